The van der Waals surface area contributed by atoms with Crippen LogP contribution in [-0.2, 0) is 26.2 Å². The van der Waals surface area contributed by atoms with E-state index in [1.54, 1.807) is 55.5 Å². The van der Waals surface area contributed by atoms with Gasteiger partial charge in [-0.05, 0) is 73.7 Å². The summed E-state index contributed by atoms with van der Waals surface area (Å²) in [6, 6.07) is 19.6. The van der Waals surface area contributed by atoms with Gasteiger partial charge in [-0.15, -0.1) is 0 Å². The number of rotatable bonds is 11. The summed E-state index contributed by atoms with van der Waals surface area (Å²) in [6.45, 7) is 9.39. The predicted molar refractivity (Wildman–Crippen MR) is 156 cm³/mol. The molecular formula is C30H36ClN3O4S. The zero-order valence-electron chi connectivity index (χ0n) is 23.0. The van der Waals surface area contributed by atoms with Crippen LogP contribution in [0.5, 0.6) is 0 Å². The van der Waals surface area contributed by atoms with Gasteiger partial charge in [0.1, 0.15) is 12.6 Å². The van der Waals surface area contributed by atoms with Crippen LogP contribution in [0.25, 0.3) is 0 Å². The summed E-state index contributed by atoms with van der Waals surface area (Å²) in [7, 11) is -4.10. The van der Waals surface area contributed by atoms with E-state index < -0.39 is 28.5 Å². The molecular weight excluding hydrogens is 534 g/mol. The minimum absolute atomic E-state index is 0.0721. The summed E-state index contributed by atoms with van der Waals surface area (Å²) >= 11 is 6.19. The summed E-state index contributed by atoms with van der Waals surface area (Å²) in [5, 5.41) is 3.38. The third-order valence-corrected chi connectivity index (χ3v) is 8.56. The molecule has 0 aliphatic carbocycles. The Bertz CT molecular complexity index is 1410. The lowest BCUT2D eigenvalue weighted by atomic mass is 10.1. The molecule has 9 heteroatoms. The van der Waals surface area contributed by atoms with Crippen molar-refractivity contribution in [2.45, 2.75) is 52.1 Å². The Hall–Kier alpha value is -3.36. The first kappa shape index (κ1) is 30.2. The smallest absolute Gasteiger partial charge is 0.264 e. The molecule has 0 aliphatic heterocycles. The molecule has 1 N–H and O–H groups in total. The number of sulfonamides is 1. The second-order valence-corrected chi connectivity index (χ2v) is 12.3. The van der Waals surface area contributed by atoms with E-state index in [1.165, 1.54) is 17.0 Å². The average molecular weight is 570 g/mol. The Morgan fingerprint density at radius 2 is 1.59 bits per heavy atom. The van der Waals surface area contributed by atoms with Gasteiger partial charge in [0, 0.05) is 18.1 Å². The molecule has 3 aromatic rings. The minimum Gasteiger partial charge on any atom is -0.354 e. The second-order valence-electron chi connectivity index (χ2n) is 10.0. The zero-order valence-corrected chi connectivity index (χ0v) is 24.6. The molecule has 0 heterocycles. The number of carbonyl (C=O) groups is 2. The fraction of sp³-hybridized carbons (Fsp3) is 0.333. The number of benzene rings is 3. The summed E-state index contributed by atoms with van der Waals surface area (Å²) in [4.78, 5) is 28.5. The van der Waals surface area contributed by atoms with Gasteiger partial charge in [0.05, 0.1) is 10.6 Å². The van der Waals surface area contributed by atoms with Crippen molar-refractivity contribution in [1.29, 1.82) is 0 Å². The summed E-state index contributed by atoms with van der Waals surface area (Å²) in [5.74, 6) is -0.597. The predicted octanol–water partition coefficient (Wildman–Crippen LogP) is 5.34. The van der Waals surface area contributed by atoms with Crippen LogP contribution >= 0.6 is 11.6 Å². The maximum Gasteiger partial charge on any atom is 0.264 e. The van der Waals surface area contributed by atoms with Gasteiger partial charge in [0.25, 0.3) is 10.0 Å². The number of nitrogens with zero attached hydrogens (tertiary/aromatic N) is 2. The molecule has 0 fully saturated rings. The largest absolute Gasteiger partial charge is 0.354 e. The summed E-state index contributed by atoms with van der Waals surface area (Å²) in [6.07, 6.45) is 0. The number of anilines is 1. The molecule has 0 saturated heterocycles. The highest BCUT2D eigenvalue weighted by molar-refractivity contribution is 7.92. The average Bonchev–Trinajstić information content (AvgIpc) is 2.90. The molecule has 1 unspecified atom stereocenters. The minimum atomic E-state index is -4.10. The molecule has 39 heavy (non-hydrogen) atoms. The van der Waals surface area contributed by atoms with Crippen LogP contribution in [-0.4, -0.2) is 44.3 Å². The maximum absolute atomic E-state index is 14.0. The Kier molecular flexibility index (Phi) is 10.2. The standard InChI is InChI=1S/C30H36ClN3O4S/c1-21(2)18-32-30(36)24(5)33(19-25-12-10-13-26(31)17-25)29(35)20-34(28-16-9-11-22(3)23(28)4)39(37,38)27-14-7-6-8-15-27/h6-17,21,24H,18-20H2,1-5H3,(H,32,36). The highest BCUT2D eigenvalue weighted by Crippen LogP contribution is 2.29. The lowest BCUT2D eigenvalue weighted by Gasteiger charge is -2.32. The van der Waals surface area contributed by atoms with Crippen LogP contribution in [0, 0.1) is 19.8 Å². The van der Waals surface area contributed by atoms with Gasteiger partial charge in [-0.1, -0.05) is 67.9 Å². The molecule has 0 radical (unpaired) electrons. The van der Waals surface area contributed by atoms with Crippen molar-refractivity contribution >= 4 is 39.1 Å². The first-order valence-corrected chi connectivity index (χ1v) is 14.7. The van der Waals surface area contributed by atoms with Crippen molar-refractivity contribution in [3.05, 3.63) is 94.5 Å². The topological polar surface area (TPSA) is 86.8 Å². The van der Waals surface area contributed by atoms with Crippen molar-refractivity contribution in [2.75, 3.05) is 17.4 Å². The van der Waals surface area contributed by atoms with Crippen molar-refractivity contribution in [2.24, 2.45) is 5.92 Å². The van der Waals surface area contributed by atoms with E-state index in [1.807, 2.05) is 39.8 Å². The lowest BCUT2D eigenvalue weighted by Crippen LogP contribution is -2.51. The number of aryl methyl sites for hydroxylation is 1. The van der Waals surface area contributed by atoms with Gasteiger partial charge in [-0.3, -0.25) is 13.9 Å². The normalized spacial score (nSPS) is 12.2. The van der Waals surface area contributed by atoms with Crippen molar-refractivity contribution in [3.8, 4) is 0 Å². The van der Waals surface area contributed by atoms with Gasteiger partial charge < -0.3 is 10.2 Å². The molecule has 7 nitrogen and oxygen atoms in total. The number of carbonyl (C=O) groups excluding carboxylic acids is 2. The Balaban J connectivity index is 2.04. The number of hydrogen-bond acceptors (Lipinski definition) is 4. The second kappa shape index (κ2) is 13.1. The van der Waals surface area contributed by atoms with Crippen molar-refractivity contribution in [3.63, 3.8) is 0 Å². The zero-order chi connectivity index (χ0) is 28.7. The highest BCUT2D eigenvalue weighted by Gasteiger charge is 2.33. The first-order chi connectivity index (χ1) is 18.4. The molecule has 0 saturated carbocycles. The fourth-order valence-electron chi connectivity index (χ4n) is 4.11. The van der Waals surface area contributed by atoms with Crippen LogP contribution in [0.15, 0.2) is 77.7 Å². The maximum atomic E-state index is 14.0. The molecule has 3 aromatic carbocycles. The molecule has 3 rings (SSSR count). The number of nitrogens with one attached hydrogen (secondary N) is 1. The van der Waals surface area contributed by atoms with E-state index in [9.17, 15) is 18.0 Å². The molecule has 0 aromatic heterocycles. The van der Waals surface area contributed by atoms with E-state index in [0.29, 0.717) is 17.3 Å². The first-order valence-electron chi connectivity index (χ1n) is 12.9. The van der Waals surface area contributed by atoms with Crippen LogP contribution in [0.1, 0.15) is 37.5 Å². The van der Waals surface area contributed by atoms with Crippen molar-refractivity contribution in [1.82, 2.24) is 10.2 Å². The summed E-state index contributed by atoms with van der Waals surface area (Å²) in [5.41, 5.74) is 2.77. The molecule has 0 aliphatic rings. The van der Waals surface area contributed by atoms with E-state index in [0.717, 1.165) is 21.0 Å². The lowest BCUT2D eigenvalue weighted by molar-refractivity contribution is -0.139. The fourth-order valence-corrected chi connectivity index (χ4v) is 5.81. The van der Waals surface area contributed by atoms with Crippen LogP contribution in [0.4, 0.5) is 5.69 Å². The van der Waals surface area contributed by atoms with E-state index in [-0.39, 0.29) is 23.3 Å². The quantitative estimate of drug-likeness (QED) is 0.338. The van der Waals surface area contributed by atoms with Crippen molar-refractivity contribution < 1.29 is 18.0 Å². The van der Waals surface area contributed by atoms with Gasteiger partial charge in [-0.2, -0.15) is 0 Å². The van der Waals surface area contributed by atoms with Crippen LogP contribution in [0.3, 0.4) is 0 Å². The van der Waals surface area contributed by atoms with E-state index in [4.69, 9.17) is 11.6 Å². The molecule has 208 valence electrons. The Morgan fingerprint density at radius 3 is 2.23 bits per heavy atom. The molecule has 0 bridgehead atoms. The molecule has 0 spiro atoms. The molecule has 2 amide bonds. The van der Waals surface area contributed by atoms with Gasteiger partial charge >= 0.3 is 0 Å². The van der Waals surface area contributed by atoms with Gasteiger partial charge in [-0.25, -0.2) is 8.42 Å². The van der Waals surface area contributed by atoms with Crippen LogP contribution in [0.2, 0.25) is 5.02 Å². The monoisotopic (exact) mass is 569 g/mol. The van der Waals surface area contributed by atoms with E-state index >= 15 is 0 Å². The Morgan fingerprint density at radius 1 is 0.923 bits per heavy atom. The third kappa shape index (κ3) is 7.61. The Labute approximate surface area is 236 Å². The van der Waals surface area contributed by atoms with Gasteiger partial charge in [0.2, 0.25) is 11.8 Å². The number of amides is 2. The summed E-state index contributed by atoms with van der Waals surface area (Å²) < 4.78 is 28.9. The number of hydrogen-bond donors (Lipinski definition) is 1. The van der Waals surface area contributed by atoms with Gasteiger partial charge in [0.15, 0.2) is 0 Å². The highest BCUT2D eigenvalue weighted by atomic mass is 35.5. The SMILES string of the molecule is Cc1cccc(N(CC(=O)N(Cc2cccc(Cl)c2)C(C)C(=O)NCC(C)C)S(=O)(=O)c2ccccc2)c1C. The van der Waals surface area contributed by atoms with Crippen LogP contribution < -0.4 is 9.62 Å². The number of halogens is 1. The molecule has 1 atom stereocenters. The van der Waals surface area contributed by atoms with E-state index in [2.05, 4.69) is 5.32 Å². The third-order valence-electron chi connectivity index (χ3n) is 6.55.